The molecule has 0 spiro atoms. The predicted molar refractivity (Wildman–Crippen MR) is 61.1 cm³/mol. The Kier molecular flexibility index (Phi) is 3.01. The molecule has 0 bridgehead atoms. The van der Waals surface area contributed by atoms with Crippen LogP contribution in [0.5, 0.6) is 0 Å². The van der Waals surface area contributed by atoms with Crippen molar-refractivity contribution in [2.24, 2.45) is 0 Å². The third-order valence-electron chi connectivity index (χ3n) is 3.26. The molecule has 0 aliphatic heterocycles. The van der Waals surface area contributed by atoms with E-state index >= 15 is 0 Å². The molecule has 3 rings (SSSR count). The largest absolute Gasteiger partial charge is 0.206 e. The Bertz CT molecular complexity index is 961. The van der Waals surface area contributed by atoms with Gasteiger partial charge in [0.15, 0.2) is 34.9 Å². The zero-order chi connectivity index (χ0) is 16.3. The van der Waals surface area contributed by atoms with E-state index in [0.29, 0.717) is 12.1 Å². The van der Waals surface area contributed by atoms with Gasteiger partial charge in [-0.05, 0) is 12.1 Å². The van der Waals surface area contributed by atoms with Gasteiger partial charge in [0.05, 0.1) is 16.2 Å². The maximum Gasteiger partial charge on any atom is 0.198 e. The number of halogens is 8. The summed E-state index contributed by atoms with van der Waals surface area (Å²) in [5, 5.41) is -5.42. The average Bonchev–Trinajstić information content (AvgIpc) is 2.49. The molecule has 0 atom stereocenters. The highest BCUT2D eigenvalue weighted by Crippen LogP contribution is 2.37. The first kappa shape index (κ1) is 14.6. The number of rotatable bonds is 0. The minimum Gasteiger partial charge on any atom is -0.206 e. The Hall–Kier alpha value is -2.38. The van der Waals surface area contributed by atoms with Crippen LogP contribution in [0.3, 0.4) is 0 Å². The maximum atomic E-state index is 14.2. The van der Waals surface area contributed by atoms with Crippen LogP contribution in [0.15, 0.2) is 12.1 Å². The molecule has 3 aromatic carbocycles. The lowest BCUT2D eigenvalue weighted by molar-refractivity contribution is 0.415. The van der Waals surface area contributed by atoms with Crippen LogP contribution in [0.25, 0.3) is 21.5 Å². The van der Waals surface area contributed by atoms with Crippen LogP contribution in [0, 0.1) is 46.5 Å². The second kappa shape index (κ2) is 4.56. The zero-order valence-corrected chi connectivity index (χ0v) is 10.2. The van der Waals surface area contributed by atoms with Crippen LogP contribution < -0.4 is 0 Å². The van der Waals surface area contributed by atoms with Crippen molar-refractivity contribution in [2.75, 3.05) is 0 Å². The van der Waals surface area contributed by atoms with E-state index < -0.39 is 68.1 Å². The van der Waals surface area contributed by atoms with Crippen LogP contribution in [-0.2, 0) is 0 Å². The lowest BCUT2D eigenvalue weighted by atomic mass is 10.00. The van der Waals surface area contributed by atoms with E-state index in [4.69, 9.17) is 0 Å². The van der Waals surface area contributed by atoms with E-state index in [1.807, 2.05) is 0 Å². The molecule has 0 heterocycles. The molecule has 22 heavy (non-hydrogen) atoms. The average molecular weight is 322 g/mol. The molecular weight excluding hydrogens is 320 g/mol. The summed E-state index contributed by atoms with van der Waals surface area (Å²) in [5.74, 6) is -16.2. The first-order valence-electron chi connectivity index (χ1n) is 5.67. The van der Waals surface area contributed by atoms with Crippen molar-refractivity contribution < 1.29 is 35.1 Å². The van der Waals surface area contributed by atoms with Crippen molar-refractivity contribution in [1.29, 1.82) is 0 Å². The Balaban J connectivity index is 2.76. The number of benzene rings is 3. The summed E-state index contributed by atoms with van der Waals surface area (Å²) >= 11 is 0. The molecule has 0 aliphatic rings. The summed E-state index contributed by atoms with van der Waals surface area (Å²) in [4.78, 5) is 0. The predicted octanol–water partition coefficient (Wildman–Crippen LogP) is 5.11. The minimum atomic E-state index is -2.39. The Labute approximate surface area is 116 Å². The Morgan fingerprint density at radius 2 is 0.909 bits per heavy atom. The first-order chi connectivity index (χ1) is 10.3. The van der Waals surface area contributed by atoms with Gasteiger partial charge in [0.1, 0.15) is 11.6 Å². The van der Waals surface area contributed by atoms with Gasteiger partial charge in [-0.3, -0.25) is 0 Å². The highest BCUT2D eigenvalue weighted by Gasteiger charge is 2.29. The van der Waals surface area contributed by atoms with Crippen LogP contribution >= 0.6 is 0 Å². The second-order valence-electron chi connectivity index (χ2n) is 4.42. The van der Waals surface area contributed by atoms with E-state index in [0.717, 1.165) is 0 Å². The molecule has 3 aromatic rings. The van der Waals surface area contributed by atoms with Gasteiger partial charge in [0, 0.05) is 5.39 Å². The Morgan fingerprint density at radius 1 is 0.409 bits per heavy atom. The van der Waals surface area contributed by atoms with Crippen molar-refractivity contribution in [2.45, 2.75) is 0 Å². The number of hydrogen-bond acceptors (Lipinski definition) is 0. The maximum absolute atomic E-state index is 14.2. The number of fused-ring (bicyclic) bond motifs is 2. The molecule has 0 N–H and O–H groups in total. The summed E-state index contributed by atoms with van der Waals surface area (Å²) in [7, 11) is 0. The third-order valence-corrected chi connectivity index (χ3v) is 3.26. The molecule has 0 saturated heterocycles. The van der Waals surface area contributed by atoms with E-state index in [9.17, 15) is 35.1 Å². The zero-order valence-electron chi connectivity index (χ0n) is 10.2. The van der Waals surface area contributed by atoms with Gasteiger partial charge in [-0.1, -0.05) is 0 Å². The summed E-state index contributed by atoms with van der Waals surface area (Å²) in [6.07, 6.45) is 0. The highest BCUT2D eigenvalue weighted by molar-refractivity contribution is 6.00. The quantitative estimate of drug-likeness (QED) is 0.234. The summed E-state index contributed by atoms with van der Waals surface area (Å²) < 4.78 is 109. The summed E-state index contributed by atoms with van der Waals surface area (Å²) in [6, 6.07) is 1.00. The van der Waals surface area contributed by atoms with E-state index in [1.54, 1.807) is 0 Å². The van der Waals surface area contributed by atoms with Crippen LogP contribution in [0.4, 0.5) is 35.1 Å². The molecule has 0 amide bonds. The molecular formula is C14H2F8. The van der Waals surface area contributed by atoms with Crippen LogP contribution in [0.1, 0.15) is 0 Å². The number of hydrogen-bond donors (Lipinski definition) is 0. The van der Waals surface area contributed by atoms with E-state index in [1.165, 1.54) is 0 Å². The van der Waals surface area contributed by atoms with Gasteiger partial charge < -0.3 is 0 Å². The van der Waals surface area contributed by atoms with Crippen molar-refractivity contribution >= 4 is 21.5 Å². The minimum absolute atomic E-state index is 0.431. The molecule has 0 aliphatic carbocycles. The first-order valence-corrected chi connectivity index (χ1v) is 5.67. The smallest absolute Gasteiger partial charge is 0.198 e. The molecule has 0 radical (unpaired) electrons. The van der Waals surface area contributed by atoms with Gasteiger partial charge in [0.25, 0.3) is 0 Å². The standard InChI is InChI=1S/C14H2F8/c15-4-2-1-3-5(9(4)17)10(18)7-6(8(3)16)11(19)13(21)14(22)12(7)20/h1-2H. The molecule has 0 nitrogen and oxygen atoms in total. The highest BCUT2D eigenvalue weighted by atomic mass is 19.2. The van der Waals surface area contributed by atoms with Gasteiger partial charge in [-0.2, -0.15) is 0 Å². The fourth-order valence-corrected chi connectivity index (χ4v) is 2.25. The molecule has 0 saturated carbocycles. The van der Waals surface area contributed by atoms with Gasteiger partial charge >= 0.3 is 0 Å². The summed E-state index contributed by atoms with van der Waals surface area (Å²) in [6.45, 7) is 0. The molecule has 0 fully saturated rings. The molecule has 0 unspecified atom stereocenters. The monoisotopic (exact) mass is 322 g/mol. The van der Waals surface area contributed by atoms with Crippen molar-refractivity contribution in [3.05, 3.63) is 58.7 Å². The Morgan fingerprint density at radius 3 is 1.45 bits per heavy atom. The summed E-state index contributed by atoms with van der Waals surface area (Å²) in [5.41, 5.74) is 0. The SMILES string of the molecule is Fc1ccc2c(F)c3c(F)c(F)c(F)c(F)c3c(F)c2c1F. The normalized spacial score (nSPS) is 11.6. The van der Waals surface area contributed by atoms with Crippen molar-refractivity contribution in [1.82, 2.24) is 0 Å². The fraction of sp³-hybridized carbons (Fsp3) is 0. The van der Waals surface area contributed by atoms with Crippen molar-refractivity contribution in [3.63, 3.8) is 0 Å². The lowest BCUT2D eigenvalue weighted by Crippen LogP contribution is -2.04. The molecule has 114 valence electrons. The van der Waals surface area contributed by atoms with Crippen LogP contribution in [0.2, 0.25) is 0 Å². The van der Waals surface area contributed by atoms with E-state index in [-0.39, 0.29) is 0 Å². The lowest BCUT2D eigenvalue weighted by Gasteiger charge is -2.11. The third kappa shape index (κ3) is 1.63. The van der Waals surface area contributed by atoms with Gasteiger partial charge in [-0.25, -0.2) is 35.1 Å². The second-order valence-corrected chi connectivity index (χ2v) is 4.42. The molecule has 8 heteroatoms. The van der Waals surface area contributed by atoms with Crippen molar-refractivity contribution in [3.8, 4) is 0 Å². The van der Waals surface area contributed by atoms with Gasteiger partial charge in [-0.15, -0.1) is 0 Å². The van der Waals surface area contributed by atoms with Gasteiger partial charge in [0.2, 0.25) is 0 Å². The van der Waals surface area contributed by atoms with E-state index in [2.05, 4.69) is 0 Å². The molecule has 0 aromatic heterocycles. The van der Waals surface area contributed by atoms with Crippen LogP contribution in [-0.4, -0.2) is 0 Å². The fourth-order valence-electron chi connectivity index (χ4n) is 2.25. The topological polar surface area (TPSA) is 0 Å².